The summed E-state index contributed by atoms with van der Waals surface area (Å²) in [5.41, 5.74) is 1.57. The molecule has 0 aliphatic rings. The van der Waals surface area contributed by atoms with Crippen molar-refractivity contribution in [2.75, 3.05) is 0 Å². The summed E-state index contributed by atoms with van der Waals surface area (Å²) in [6, 6.07) is 10.8. The molecule has 1 aromatic heterocycles. The molecule has 2 aromatic rings. The van der Waals surface area contributed by atoms with Crippen molar-refractivity contribution < 1.29 is 14.7 Å². The highest BCUT2D eigenvalue weighted by molar-refractivity contribution is 7.12. The first-order valence-electron chi connectivity index (χ1n) is 5.56. The molecule has 1 N–H and O–H groups in total. The van der Waals surface area contributed by atoms with E-state index in [9.17, 15) is 9.59 Å². The highest BCUT2D eigenvalue weighted by Gasteiger charge is 2.09. The van der Waals surface area contributed by atoms with Crippen molar-refractivity contribution in [1.29, 1.82) is 0 Å². The molecule has 2 rings (SSSR count). The van der Waals surface area contributed by atoms with Crippen molar-refractivity contribution >= 4 is 23.1 Å². The van der Waals surface area contributed by atoms with E-state index in [1.54, 1.807) is 18.2 Å². The Kier molecular flexibility index (Phi) is 3.89. The number of thiophene rings is 1. The molecule has 1 heterocycles. The molecule has 0 aliphatic heterocycles. The topological polar surface area (TPSA) is 54.4 Å². The Hall–Kier alpha value is -1.94. The van der Waals surface area contributed by atoms with Gasteiger partial charge in [0.1, 0.15) is 0 Å². The molecule has 0 aliphatic carbocycles. The van der Waals surface area contributed by atoms with Gasteiger partial charge in [-0.2, -0.15) is 0 Å². The van der Waals surface area contributed by atoms with Crippen molar-refractivity contribution in [3.63, 3.8) is 0 Å². The first-order valence-corrected chi connectivity index (χ1v) is 6.44. The van der Waals surface area contributed by atoms with Crippen LogP contribution in [0.2, 0.25) is 0 Å². The minimum absolute atomic E-state index is 0.00906. The van der Waals surface area contributed by atoms with Crippen LogP contribution in [-0.2, 0) is 11.2 Å². The van der Waals surface area contributed by atoms with Crippen LogP contribution in [0.5, 0.6) is 0 Å². The van der Waals surface area contributed by atoms with Gasteiger partial charge in [-0.3, -0.25) is 9.59 Å². The molecule has 0 atom stereocenters. The summed E-state index contributed by atoms with van der Waals surface area (Å²) in [7, 11) is 0. The first kappa shape index (κ1) is 12.5. The van der Waals surface area contributed by atoms with E-state index in [1.807, 2.05) is 23.6 Å². The predicted octanol–water partition coefficient (Wildman–Crippen LogP) is 3.00. The lowest BCUT2D eigenvalue weighted by Crippen LogP contribution is -2.00. The number of carbonyl (C=O) groups excluding carboxylic acids is 1. The fourth-order valence-corrected chi connectivity index (χ4v) is 2.31. The molecule has 0 saturated carbocycles. The maximum atomic E-state index is 12.0. The number of rotatable bonds is 5. The van der Waals surface area contributed by atoms with E-state index < -0.39 is 5.97 Å². The Morgan fingerprint density at radius 2 is 1.83 bits per heavy atom. The maximum absolute atomic E-state index is 12.0. The van der Waals surface area contributed by atoms with Crippen molar-refractivity contribution in [3.05, 3.63) is 57.8 Å². The number of ketones is 1. The number of aryl methyl sites for hydroxylation is 1. The summed E-state index contributed by atoms with van der Waals surface area (Å²) in [5, 5.41) is 10.5. The number of hydrogen-bond donors (Lipinski definition) is 1. The fourth-order valence-electron chi connectivity index (χ4n) is 1.62. The van der Waals surface area contributed by atoms with E-state index in [1.165, 1.54) is 11.3 Å². The van der Waals surface area contributed by atoms with Crippen molar-refractivity contribution in [1.82, 2.24) is 0 Å². The third-order valence-corrected chi connectivity index (χ3v) is 3.46. The van der Waals surface area contributed by atoms with Crippen molar-refractivity contribution in [2.45, 2.75) is 12.8 Å². The fraction of sp³-hybridized carbons (Fsp3) is 0.143. The van der Waals surface area contributed by atoms with Gasteiger partial charge >= 0.3 is 5.97 Å². The lowest BCUT2D eigenvalue weighted by Gasteiger charge is -2.01. The monoisotopic (exact) mass is 260 g/mol. The molecule has 0 amide bonds. The van der Waals surface area contributed by atoms with Crippen LogP contribution in [0, 0.1) is 0 Å². The van der Waals surface area contributed by atoms with Crippen LogP contribution in [0.1, 0.15) is 27.2 Å². The lowest BCUT2D eigenvalue weighted by molar-refractivity contribution is -0.136. The van der Waals surface area contributed by atoms with Crippen molar-refractivity contribution in [3.8, 4) is 0 Å². The Labute approximate surface area is 109 Å². The molecular weight excluding hydrogens is 248 g/mol. The molecule has 0 radical (unpaired) electrons. The number of hydrogen-bond acceptors (Lipinski definition) is 3. The number of carboxylic acid groups (broad SMARTS) is 1. The van der Waals surface area contributed by atoms with Gasteiger partial charge in [0.15, 0.2) is 0 Å². The molecule has 0 fully saturated rings. The molecule has 4 heteroatoms. The van der Waals surface area contributed by atoms with Gasteiger partial charge in [-0.1, -0.05) is 30.3 Å². The molecule has 0 spiro atoms. The predicted molar refractivity (Wildman–Crippen MR) is 70.2 cm³/mol. The molecule has 18 heavy (non-hydrogen) atoms. The summed E-state index contributed by atoms with van der Waals surface area (Å²) >= 11 is 1.42. The minimum Gasteiger partial charge on any atom is -0.481 e. The van der Waals surface area contributed by atoms with Gasteiger partial charge in [0, 0.05) is 12.0 Å². The second-order valence-electron chi connectivity index (χ2n) is 3.90. The van der Waals surface area contributed by atoms with E-state index in [2.05, 4.69) is 0 Å². The molecular formula is C14H12O3S. The smallest absolute Gasteiger partial charge is 0.303 e. The van der Waals surface area contributed by atoms with Crippen LogP contribution in [0.4, 0.5) is 0 Å². The van der Waals surface area contributed by atoms with Crippen molar-refractivity contribution in [2.24, 2.45) is 0 Å². The van der Waals surface area contributed by atoms with Gasteiger partial charge < -0.3 is 5.11 Å². The number of benzene rings is 1. The highest BCUT2D eigenvalue weighted by atomic mass is 32.1. The molecule has 92 valence electrons. The maximum Gasteiger partial charge on any atom is 0.303 e. The Bertz CT molecular complexity index is 541. The summed E-state index contributed by atoms with van der Waals surface area (Å²) < 4.78 is 0. The van der Waals surface area contributed by atoms with E-state index in [0.717, 1.165) is 5.56 Å². The SMILES string of the molecule is O=C(O)CCc1ccc(C(=O)c2cccs2)cc1. The zero-order valence-corrected chi connectivity index (χ0v) is 10.4. The average Bonchev–Trinajstić information content (AvgIpc) is 2.90. The molecule has 3 nitrogen and oxygen atoms in total. The van der Waals surface area contributed by atoms with E-state index in [-0.39, 0.29) is 12.2 Å². The summed E-state index contributed by atoms with van der Waals surface area (Å²) in [5.74, 6) is -0.802. The lowest BCUT2D eigenvalue weighted by atomic mass is 10.0. The van der Waals surface area contributed by atoms with Crippen LogP contribution in [0.25, 0.3) is 0 Å². The van der Waals surface area contributed by atoms with Gasteiger partial charge in [0.2, 0.25) is 5.78 Å². The molecule has 1 aromatic carbocycles. The zero-order valence-electron chi connectivity index (χ0n) is 9.63. The van der Waals surface area contributed by atoms with Gasteiger partial charge in [0.05, 0.1) is 4.88 Å². The number of aliphatic carboxylic acids is 1. The average molecular weight is 260 g/mol. The largest absolute Gasteiger partial charge is 0.481 e. The third kappa shape index (κ3) is 3.05. The van der Waals surface area contributed by atoms with Gasteiger partial charge in [-0.25, -0.2) is 0 Å². The van der Waals surface area contributed by atoms with E-state index >= 15 is 0 Å². The highest BCUT2D eigenvalue weighted by Crippen LogP contribution is 2.16. The number of carbonyl (C=O) groups is 2. The third-order valence-electron chi connectivity index (χ3n) is 2.59. The summed E-state index contributed by atoms with van der Waals surface area (Å²) in [4.78, 5) is 23.2. The van der Waals surface area contributed by atoms with Crippen LogP contribution in [-0.4, -0.2) is 16.9 Å². The summed E-state index contributed by atoms with van der Waals surface area (Å²) in [6.07, 6.45) is 0.598. The first-order chi connectivity index (χ1) is 8.66. The second kappa shape index (κ2) is 5.60. The quantitative estimate of drug-likeness (QED) is 0.841. The van der Waals surface area contributed by atoms with Gasteiger partial charge in [-0.05, 0) is 23.4 Å². The second-order valence-corrected chi connectivity index (χ2v) is 4.84. The van der Waals surface area contributed by atoms with E-state index in [4.69, 9.17) is 5.11 Å². The Balaban J connectivity index is 2.08. The summed E-state index contributed by atoms with van der Waals surface area (Å²) in [6.45, 7) is 0. The van der Waals surface area contributed by atoms with Gasteiger partial charge in [0.25, 0.3) is 0 Å². The zero-order chi connectivity index (χ0) is 13.0. The Morgan fingerprint density at radius 3 is 2.39 bits per heavy atom. The van der Waals surface area contributed by atoms with Gasteiger partial charge in [-0.15, -0.1) is 11.3 Å². The normalized spacial score (nSPS) is 10.2. The minimum atomic E-state index is -0.811. The number of carboxylic acids is 1. The van der Waals surface area contributed by atoms with Crippen LogP contribution in [0.15, 0.2) is 41.8 Å². The van der Waals surface area contributed by atoms with Crippen LogP contribution in [0.3, 0.4) is 0 Å². The Morgan fingerprint density at radius 1 is 1.11 bits per heavy atom. The van der Waals surface area contributed by atoms with E-state index in [0.29, 0.717) is 16.9 Å². The molecule has 0 saturated heterocycles. The van der Waals surface area contributed by atoms with Crippen LogP contribution >= 0.6 is 11.3 Å². The van der Waals surface area contributed by atoms with Crippen LogP contribution < -0.4 is 0 Å². The standard InChI is InChI=1S/C14H12O3S/c15-13(16)8-5-10-3-6-11(7-4-10)14(17)12-2-1-9-18-12/h1-4,6-7,9H,5,8H2,(H,15,16). The molecule has 0 bridgehead atoms. The molecule has 0 unspecified atom stereocenters.